The maximum Gasteiger partial charge on any atom is 0.152 e. The average Bonchev–Trinajstić information content (AvgIpc) is 2.66. The zero-order chi connectivity index (χ0) is 13.8. The number of rotatable bonds is 4. The lowest BCUT2D eigenvalue weighted by atomic mass is 10.3. The summed E-state index contributed by atoms with van der Waals surface area (Å²) in [6.07, 6.45) is 3.37. The molecule has 2 aromatic rings. The van der Waals surface area contributed by atoms with Crippen molar-refractivity contribution in [1.82, 2.24) is 14.7 Å². The third kappa shape index (κ3) is 2.79. The second-order valence-corrected chi connectivity index (χ2v) is 6.27. The summed E-state index contributed by atoms with van der Waals surface area (Å²) in [5.41, 5.74) is 2.33. The topological polar surface area (TPSA) is 32.6 Å². The van der Waals surface area contributed by atoms with Gasteiger partial charge in [-0.25, -0.2) is 4.98 Å². The molecule has 0 atom stereocenters. The van der Waals surface area contributed by atoms with E-state index in [9.17, 15) is 0 Å². The van der Waals surface area contributed by atoms with Crippen LogP contribution in [0.25, 0.3) is 5.65 Å². The van der Waals surface area contributed by atoms with Crippen molar-refractivity contribution in [2.24, 2.45) is 0 Å². The highest BCUT2D eigenvalue weighted by Gasteiger charge is 2.18. The summed E-state index contributed by atoms with van der Waals surface area (Å²) in [5, 5.41) is 3.45. The molecule has 0 aromatic carbocycles. The van der Waals surface area contributed by atoms with Gasteiger partial charge in [-0.15, -0.1) is 0 Å². The van der Waals surface area contributed by atoms with Crippen LogP contribution in [0.15, 0.2) is 24.4 Å². The predicted octanol–water partition coefficient (Wildman–Crippen LogP) is 2.39. The normalized spacial score (nSPS) is 16.6. The summed E-state index contributed by atoms with van der Waals surface area (Å²) in [5.74, 6) is 3.64. The molecule has 0 spiro atoms. The summed E-state index contributed by atoms with van der Waals surface area (Å²) >= 11 is 2.05. The van der Waals surface area contributed by atoms with Crippen LogP contribution in [0, 0.1) is 0 Å². The molecule has 1 N–H and O–H groups in total. The number of aromatic nitrogens is 2. The molecule has 0 amide bonds. The number of hydrogen-bond donors (Lipinski definition) is 1. The fourth-order valence-electron chi connectivity index (χ4n) is 2.65. The smallest absolute Gasteiger partial charge is 0.152 e. The van der Waals surface area contributed by atoms with Crippen LogP contribution in [0.3, 0.4) is 0 Å². The minimum Gasteiger partial charge on any atom is -0.354 e. The van der Waals surface area contributed by atoms with E-state index in [0.29, 0.717) is 0 Å². The first-order valence-corrected chi connectivity index (χ1v) is 8.55. The average molecular weight is 290 g/mol. The van der Waals surface area contributed by atoms with Gasteiger partial charge >= 0.3 is 0 Å². The summed E-state index contributed by atoms with van der Waals surface area (Å²) in [4.78, 5) is 7.33. The number of nitrogens with one attached hydrogen (secondary N) is 1. The molecule has 0 saturated carbocycles. The van der Waals surface area contributed by atoms with E-state index < -0.39 is 0 Å². The molecule has 3 rings (SSSR count). The monoisotopic (exact) mass is 290 g/mol. The van der Waals surface area contributed by atoms with Crippen molar-refractivity contribution >= 4 is 23.2 Å². The molecular weight excluding hydrogens is 268 g/mol. The Balaban J connectivity index is 1.98. The SMILES string of the molecule is CCNCc1c(N2CCCSCC2)nc2ccccn12. The minimum absolute atomic E-state index is 0.876. The number of thioether (sulfide) groups is 1. The van der Waals surface area contributed by atoms with Gasteiger partial charge in [0.05, 0.1) is 5.69 Å². The highest BCUT2D eigenvalue weighted by atomic mass is 32.2. The van der Waals surface area contributed by atoms with Gasteiger partial charge in [-0.1, -0.05) is 13.0 Å². The number of hydrogen-bond acceptors (Lipinski definition) is 4. The highest BCUT2D eigenvalue weighted by Crippen LogP contribution is 2.24. The first-order valence-electron chi connectivity index (χ1n) is 7.39. The van der Waals surface area contributed by atoms with Crippen LogP contribution in [0.1, 0.15) is 19.0 Å². The van der Waals surface area contributed by atoms with Crippen LogP contribution in [-0.2, 0) is 6.54 Å². The molecule has 4 nitrogen and oxygen atoms in total. The van der Waals surface area contributed by atoms with Crippen molar-refractivity contribution in [1.29, 1.82) is 0 Å². The number of nitrogens with zero attached hydrogens (tertiary/aromatic N) is 3. The molecule has 1 aliphatic rings. The molecule has 1 saturated heterocycles. The number of fused-ring (bicyclic) bond motifs is 1. The van der Waals surface area contributed by atoms with E-state index in [1.807, 2.05) is 0 Å². The molecule has 0 radical (unpaired) electrons. The fraction of sp³-hybridized carbons (Fsp3) is 0.533. The lowest BCUT2D eigenvalue weighted by Gasteiger charge is -2.21. The van der Waals surface area contributed by atoms with Crippen LogP contribution in [0.4, 0.5) is 5.82 Å². The molecule has 0 bridgehead atoms. The summed E-state index contributed by atoms with van der Waals surface area (Å²) < 4.78 is 2.22. The van der Waals surface area contributed by atoms with Crippen LogP contribution in [0.2, 0.25) is 0 Å². The quantitative estimate of drug-likeness (QED) is 0.937. The lowest BCUT2D eigenvalue weighted by molar-refractivity contribution is 0.697. The van der Waals surface area contributed by atoms with Gasteiger partial charge in [-0.2, -0.15) is 11.8 Å². The van der Waals surface area contributed by atoms with E-state index in [1.165, 1.54) is 29.4 Å². The Kier molecular flexibility index (Phi) is 4.47. The van der Waals surface area contributed by atoms with Gasteiger partial charge < -0.3 is 14.6 Å². The summed E-state index contributed by atoms with van der Waals surface area (Å²) in [7, 11) is 0. The molecule has 0 aliphatic carbocycles. The van der Waals surface area contributed by atoms with Gasteiger partial charge in [-0.05, 0) is 30.9 Å². The molecule has 108 valence electrons. The first-order chi connectivity index (χ1) is 9.90. The Morgan fingerprint density at radius 3 is 3.15 bits per heavy atom. The van der Waals surface area contributed by atoms with Gasteiger partial charge in [0.15, 0.2) is 5.82 Å². The second-order valence-electron chi connectivity index (χ2n) is 5.04. The Morgan fingerprint density at radius 1 is 1.30 bits per heavy atom. The number of imidazole rings is 1. The molecule has 2 aromatic heterocycles. The Bertz CT molecular complexity index is 558. The third-order valence-electron chi connectivity index (χ3n) is 3.67. The van der Waals surface area contributed by atoms with Gasteiger partial charge in [0, 0.05) is 31.6 Å². The molecular formula is C15H22N4S. The molecule has 20 heavy (non-hydrogen) atoms. The summed E-state index contributed by atoms with van der Waals surface area (Å²) in [6, 6.07) is 6.22. The van der Waals surface area contributed by atoms with Gasteiger partial charge in [0.25, 0.3) is 0 Å². The molecule has 1 aliphatic heterocycles. The standard InChI is InChI=1S/C15H22N4S/c1-2-16-12-13-15(18-7-5-10-20-11-9-18)17-14-6-3-4-8-19(13)14/h3-4,6,8,16H,2,5,7,9-12H2,1H3. The van der Waals surface area contributed by atoms with E-state index >= 15 is 0 Å². The molecule has 5 heteroatoms. The van der Waals surface area contributed by atoms with Gasteiger partial charge in [0.1, 0.15) is 5.65 Å². The van der Waals surface area contributed by atoms with E-state index in [-0.39, 0.29) is 0 Å². The van der Waals surface area contributed by atoms with E-state index in [4.69, 9.17) is 4.98 Å². The van der Waals surface area contributed by atoms with E-state index in [0.717, 1.165) is 31.8 Å². The molecule has 3 heterocycles. The van der Waals surface area contributed by atoms with Crippen LogP contribution in [0.5, 0.6) is 0 Å². The molecule has 0 unspecified atom stereocenters. The molecule has 1 fully saturated rings. The zero-order valence-corrected chi connectivity index (χ0v) is 12.8. The number of anilines is 1. The third-order valence-corrected chi connectivity index (χ3v) is 4.72. The Hall–Kier alpha value is -1.20. The van der Waals surface area contributed by atoms with Gasteiger partial charge in [0.2, 0.25) is 0 Å². The van der Waals surface area contributed by atoms with E-state index in [2.05, 4.69) is 57.7 Å². The Morgan fingerprint density at radius 2 is 2.25 bits per heavy atom. The predicted molar refractivity (Wildman–Crippen MR) is 86.7 cm³/mol. The first kappa shape index (κ1) is 13.8. The maximum absolute atomic E-state index is 4.87. The number of pyridine rings is 1. The van der Waals surface area contributed by atoms with Gasteiger partial charge in [-0.3, -0.25) is 0 Å². The minimum atomic E-state index is 0.876. The van der Waals surface area contributed by atoms with Crippen molar-refractivity contribution in [3.63, 3.8) is 0 Å². The highest BCUT2D eigenvalue weighted by molar-refractivity contribution is 7.99. The van der Waals surface area contributed by atoms with Crippen molar-refractivity contribution in [3.05, 3.63) is 30.1 Å². The van der Waals surface area contributed by atoms with Crippen LogP contribution in [-0.4, -0.2) is 40.5 Å². The largest absolute Gasteiger partial charge is 0.354 e. The second kappa shape index (κ2) is 6.50. The van der Waals surface area contributed by atoms with Crippen LogP contribution >= 0.6 is 11.8 Å². The summed E-state index contributed by atoms with van der Waals surface area (Å²) in [6.45, 7) is 6.23. The maximum atomic E-state index is 4.87. The van der Waals surface area contributed by atoms with Crippen LogP contribution < -0.4 is 10.2 Å². The van der Waals surface area contributed by atoms with E-state index in [1.54, 1.807) is 0 Å². The Labute approximate surface area is 124 Å². The zero-order valence-electron chi connectivity index (χ0n) is 12.0. The lowest BCUT2D eigenvalue weighted by Crippen LogP contribution is -2.28. The fourth-order valence-corrected chi connectivity index (χ4v) is 3.54. The van der Waals surface area contributed by atoms with Crippen molar-refractivity contribution in [2.75, 3.05) is 36.0 Å². The van der Waals surface area contributed by atoms with Crippen molar-refractivity contribution < 1.29 is 0 Å². The van der Waals surface area contributed by atoms with Crippen molar-refractivity contribution in [3.8, 4) is 0 Å². The van der Waals surface area contributed by atoms with Crippen molar-refractivity contribution in [2.45, 2.75) is 19.9 Å².